The number of urea groups is 1. The summed E-state index contributed by atoms with van der Waals surface area (Å²) in [6, 6.07) is 13.5. The van der Waals surface area contributed by atoms with E-state index in [9.17, 15) is 9.90 Å². The van der Waals surface area contributed by atoms with Crippen molar-refractivity contribution in [2.45, 2.75) is 12.1 Å². The van der Waals surface area contributed by atoms with Crippen LogP contribution in [0.2, 0.25) is 5.02 Å². The molecule has 1 aliphatic rings. The molecule has 3 N–H and O–H groups in total. The van der Waals surface area contributed by atoms with Crippen molar-refractivity contribution >= 4 is 17.6 Å². The summed E-state index contributed by atoms with van der Waals surface area (Å²) >= 11 is 5.85. The van der Waals surface area contributed by atoms with E-state index in [1.807, 2.05) is 24.3 Å². The molecule has 23 heavy (non-hydrogen) atoms. The summed E-state index contributed by atoms with van der Waals surface area (Å²) in [5.74, 6) is 0.786. The zero-order chi connectivity index (χ0) is 16.2. The lowest BCUT2D eigenvalue weighted by atomic mass is 10.1. The normalized spacial score (nSPS) is 17.0. The first-order valence-electron chi connectivity index (χ1n) is 7.32. The van der Waals surface area contributed by atoms with Crippen molar-refractivity contribution in [2.24, 2.45) is 0 Å². The molecule has 2 aromatic rings. The molecule has 0 aromatic heterocycles. The van der Waals surface area contributed by atoms with Crippen molar-refractivity contribution in [3.8, 4) is 5.75 Å². The number of aliphatic hydroxyl groups is 1. The summed E-state index contributed by atoms with van der Waals surface area (Å²) in [7, 11) is 0. The Labute approximate surface area is 139 Å². The number of carbonyl (C=O) groups excluding carboxylic acids is 1. The number of para-hydroxylation sites is 1. The highest BCUT2D eigenvalue weighted by molar-refractivity contribution is 6.30. The van der Waals surface area contributed by atoms with Crippen molar-refractivity contribution in [3.05, 3.63) is 64.7 Å². The summed E-state index contributed by atoms with van der Waals surface area (Å²) in [5.41, 5.74) is 1.74. The monoisotopic (exact) mass is 332 g/mol. The first-order valence-corrected chi connectivity index (χ1v) is 7.70. The number of benzene rings is 2. The molecule has 2 aromatic carbocycles. The molecule has 0 aliphatic carbocycles. The van der Waals surface area contributed by atoms with Gasteiger partial charge in [-0.3, -0.25) is 0 Å². The van der Waals surface area contributed by atoms with Crippen LogP contribution in [0.3, 0.4) is 0 Å². The largest absolute Gasteiger partial charge is 0.491 e. The Hall–Kier alpha value is -2.24. The molecule has 2 unspecified atom stereocenters. The molecule has 1 aliphatic heterocycles. The number of carbonyl (C=O) groups is 1. The fourth-order valence-corrected chi connectivity index (χ4v) is 2.70. The minimum absolute atomic E-state index is 0.198. The molecule has 0 radical (unpaired) electrons. The van der Waals surface area contributed by atoms with Crippen LogP contribution in [0, 0.1) is 0 Å². The molecule has 0 fully saturated rings. The highest BCUT2D eigenvalue weighted by Gasteiger charge is 2.25. The van der Waals surface area contributed by atoms with Gasteiger partial charge < -0.3 is 20.5 Å². The van der Waals surface area contributed by atoms with Crippen molar-refractivity contribution in [3.63, 3.8) is 0 Å². The average molecular weight is 333 g/mol. The smallest absolute Gasteiger partial charge is 0.315 e. The molecule has 0 saturated heterocycles. The molecule has 1 heterocycles. The van der Waals surface area contributed by atoms with Crippen LogP contribution in [0.15, 0.2) is 48.5 Å². The second-order valence-electron chi connectivity index (χ2n) is 5.31. The first-order chi connectivity index (χ1) is 11.2. The third-order valence-corrected chi connectivity index (χ3v) is 4.02. The van der Waals surface area contributed by atoms with Gasteiger partial charge >= 0.3 is 6.03 Å². The minimum Gasteiger partial charge on any atom is -0.491 e. The third-order valence-electron chi connectivity index (χ3n) is 3.77. The van der Waals surface area contributed by atoms with Crippen molar-refractivity contribution < 1.29 is 14.6 Å². The zero-order valence-corrected chi connectivity index (χ0v) is 13.1. The van der Waals surface area contributed by atoms with Crippen LogP contribution in [0.1, 0.15) is 23.2 Å². The number of halogens is 1. The van der Waals surface area contributed by atoms with E-state index in [-0.39, 0.29) is 18.7 Å². The SMILES string of the molecule is O=C(NC(CO)c1ccc(Cl)cc1)NC1COc2ccccc21. The lowest BCUT2D eigenvalue weighted by molar-refractivity contribution is 0.211. The Morgan fingerprint density at radius 2 is 2.00 bits per heavy atom. The number of aliphatic hydroxyl groups excluding tert-OH is 1. The van der Waals surface area contributed by atoms with Crippen LogP contribution < -0.4 is 15.4 Å². The number of hydrogen-bond acceptors (Lipinski definition) is 3. The van der Waals surface area contributed by atoms with Crippen LogP contribution in [-0.2, 0) is 0 Å². The molecule has 120 valence electrons. The maximum absolute atomic E-state index is 12.2. The molecule has 6 heteroatoms. The summed E-state index contributed by atoms with van der Waals surface area (Å²) in [6.45, 7) is 0.199. The van der Waals surface area contributed by atoms with E-state index in [0.29, 0.717) is 11.6 Å². The Kier molecular flexibility index (Phi) is 4.69. The Bertz CT molecular complexity index is 690. The maximum Gasteiger partial charge on any atom is 0.315 e. The molecule has 2 amide bonds. The number of ether oxygens (including phenoxy) is 1. The predicted octanol–water partition coefficient (Wildman–Crippen LogP) is 2.81. The number of hydrogen-bond donors (Lipinski definition) is 3. The molecule has 0 saturated carbocycles. The van der Waals surface area contributed by atoms with Crippen molar-refractivity contribution in [1.82, 2.24) is 10.6 Å². The van der Waals surface area contributed by atoms with E-state index in [1.165, 1.54) is 0 Å². The maximum atomic E-state index is 12.2. The Morgan fingerprint density at radius 1 is 1.26 bits per heavy atom. The number of amides is 2. The first kappa shape index (κ1) is 15.6. The molecule has 0 bridgehead atoms. The van der Waals surface area contributed by atoms with Gasteiger partial charge in [-0.2, -0.15) is 0 Å². The summed E-state index contributed by atoms with van der Waals surface area (Å²) in [4.78, 5) is 12.2. The highest BCUT2D eigenvalue weighted by Crippen LogP contribution is 2.31. The van der Waals surface area contributed by atoms with Gasteiger partial charge in [0.25, 0.3) is 0 Å². The average Bonchev–Trinajstić information content (AvgIpc) is 2.97. The van der Waals surface area contributed by atoms with Gasteiger partial charge in [0.1, 0.15) is 12.4 Å². The molecular formula is C17H17ClN2O3. The Morgan fingerprint density at radius 3 is 2.74 bits per heavy atom. The van der Waals surface area contributed by atoms with Gasteiger partial charge in [-0.05, 0) is 23.8 Å². The minimum atomic E-state index is -0.496. The van der Waals surface area contributed by atoms with E-state index < -0.39 is 6.04 Å². The topological polar surface area (TPSA) is 70.6 Å². The summed E-state index contributed by atoms with van der Waals surface area (Å²) < 4.78 is 5.53. The number of fused-ring (bicyclic) bond motifs is 1. The second kappa shape index (κ2) is 6.89. The van der Waals surface area contributed by atoms with Gasteiger partial charge in [-0.25, -0.2) is 4.79 Å². The van der Waals surface area contributed by atoms with E-state index in [4.69, 9.17) is 16.3 Å². The Balaban J connectivity index is 1.63. The number of nitrogens with one attached hydrogen (secondary N) is 2. The van der Waals surface area contributed by atoms with E-state index >= 15 is 0 Å². The van der Waals surface area contributed by atoms with Crippen molar-refractivity contribution in [2.75, 3.05) is 13.2 Å². The highest BCUT2D eigenvalue weighted by atomic mass is 35.5. The lowest BCUT2D eigenvalue weighted by Crippen LogP contribution is -2.41. The predicted molar refractivity (Wildman–Crippen MR) is 87.6 cm³/mol. The van der Waals surface area contributed by atoms with Gasteiger partial charge in [0, 0.05) is 10.6 Å². The number of rotatable bonds is 4. The van der Waals surface area contributed by atoms with E-state index in [2.05, 4.69) is 10.6 Å². The van der Waals surface area contributed by atoms with Crippen LogP contribution in [0.4, 0.5) is 4.79 Å². The zero-order valence-electron chi connectivity index (χ0n) is 12.3. The van der Waals surface area contributed by atoms with Crippen LogP contribution in [-0.4, -0.2) is 24.4 Å². The van der Waals surface area contributed by atoms with E-state index in [0.717, 1.165) is 16.9 Å². The molecule has 0 spiro atoms. The standard InChI is InChI=1S/C17H17ClN2O3/c18-12-7-5-11(6-8-12)14(9-21)19-17(22)20-15-10-23-16-4-2-1-3-13(15)16/h1-8,14-15,21H,9-10H2,(H2,19,20,22). The van der Waals surface area contributed by atoms with E-state index in [1.54, 1.807) is 24.3 Å². The molecule has 5 nitrogen and oxygen atoms in total. The van der Waals surface area contributed by atoms with Gasteiger partial charge in [-0.1, -0.05) is 41.9 Å². The van der Waals surface area contributed by atoms with Crippen LogP contribution in [0.25, 0.3) is 0 Å². The van der Waals surface area contributed by atoms with Crippen LogP contribution in [0.5, 0.6) is 5.75 Å². The van der Waals surface area contributed by atoms with Crippen LogP contribution >= 0.6 is 11.6 Å². The summed E-state index contributed by atoms with van der Waals surface area (Å²) in [5, 5.41) is 15.8. The van der Waals surface area contributed by atoms with Gasteiger partial charge in [0.05, 0.1) is 18.7 Å². The van der Waals surface area contributed by atoms with Gasteiger partial charge in [-0.15, -0.1) is 0 Å². The fraction of sp³-hybridized carbons (Fsp3) is 0.235. The lowest BCUT2D eigenvalue weighted by Gasteiger charge is -2.19. The fourth-order valence-electron chi connectivity index (χ4n) is 2.57. The molecule has 2 atom stereocenters. The second-order valence-corrected chi connectivity index (χ2v) is 5.74. The van der Waals surface area contributed by atoms with Crippen molar-refractivity contribution in [1.29, 1.82) is 0 Å². The summed E-state index contributed by atoms with van der Waals surface area (Å²) in [6.07, 6.45) is 0. The van der Waals surface area contributed by atoms with Gasteiger partial charge in [0.2, 0.25) is 0 Å². The van der Waals surface area contributed by atoms with Gasteiger partial charge in [0.15, 0.2) is 0 Å². The molecule has 3 rings (SSSR count). The molecular weight excluding hydrogens is 316 g/mol. The quantitative estimate of drug-likeness (QED) is 0.806. The third kappa shape index (κ3) is 3.57.